The van der Waals surface area contributed by atoms with E-state index in [2.05, 4.69) is 20.3 Å². The van der Waals surface area contributed by atoms with E-state index in [1.807, 2.05) is 6.92 Å². The summed E-state index contributed by atoms with van der Waals surface area (Å²) in [5.41, 5.74) is 0. The Labute approximate surface area is 113 Å². The molecule has 0 unspecified atom stereocenters. The number of halogens is 4. The summed E-state index contributed by atoms with van der Waals surface area (Å²) >= 11 is 5.65. The van der Waals surface area contributed by atoms with Crippen molar-refractivity contribution in [1.29, 1.82) is 0 Å². The third-order valence-electron chi connectivity index (χ3n) is 1.94. The van der Waals surface area contributed by atoms with Gasteiger partial charge >= 0.3 is 12.2 Å². The van der Waals surface area contributed by atoms with Gasteiger partial charge in [0.25, 0.3) is 0 Å². The number of hydrogen-bond acceptors (Lipinski definition) is 5. The first kappa shape index (κ1) is 15.7. The van der Waals surface area contributed by atoms with Crippen LogP contribution in [0.1, 0.15) is 26.2 Å². The standard InChI is InChI=1S/C10H14ClF3N4O/c1-2-6-19-9-17-7(11)16-8(18-9)15-5-3-4-10(12,13)14/h2-6H2,1H3,(H,15,16,17,18). The van der Waals surface area contributed by atoms with Gasteiger partial charge < -0.3 is 10.1 Å². The summed E-state index contributed by atoms with van der Waals surface area (Å²) in [7, 11) is 0. The van der Waals surface area contributed by atoms with Crippen molar-refractivity contribution in [2.75, 3.05) is 18.5 Å². The van der Waals surface area contributed by atoms with Gasteiger partial charge in [-0.25, -0.2) is 0 Å². The van der Waals surface area contributed by atoms with Crippen LogP contribution in [-0.2, 0) is 0 Å². The number of hydrogen-bond donors (Lipinski definition) is 1. The van der Waals surface area contributed by atoms with Crippen LogP contribution in [0.2, 0.25) is 5.28 Å². The Morgan fingerprint density at radius 3 is 2.63 bits per heavy atom. The van der Waals surface area contributed by atoms with E-state index in [1.165, 1.54) is 0 Å². The zero-order chi connectivity index (χ0) is 14.3. The van der Waals surface area contributed by atoms with Gasteiger partial charge in [0.2, 0.25) is 11.2 Å². The molecule has 0 aliphatic rings. The van der Waals surface area contributed by atoms with Crippen molar-refractivity contribution >= 4 is 17.5 Å². The predicted molar refractivity (Wildman–Crippen MR) is 64.4 cm³/mol. The third kappa shape index (κ3) is 7.00. The molecule has 0 amide bonds. The molecule has 0 aromatic carbocycles. The topological polar surface area (TPSA) is 59.9 Å². The van der Waals surface area contributed by atoms with Gasteiger partial charge in [-0.1, -0.05) is 6.92 Å². The van der Waals surface area contributed by atoms with Crippen LogP contribution in [0.5, 0.6) is 6.01 Å². The summed E-state index contributed by atoms with van der Waals surface area (Å²) in [6.45, 7) is 2.43. The fourth-order valence-corrected chi connectivity index (χ4v) is 1.31. The Hall–Kier alpha value is -1.31. The smallest absolute Gasteiger partial charge is 0.389 e. The Kier molecular flexibility index (Phi) is 6.07. The van der Waals surface area contributed by atoms with Crippen LogP contribution in [0.15, 0.2) is 0 Å². The van der Waals surface area contributed by atoms with Gasteiger partial charge in [0, 0.05) is 13.0 Å². The summed E-state index contributed by atoms with van der Waals surface area (Å²) in [5, 5.41) is 2.58. The largest absolute Gasteiger partial charge is 0.463 e. The third-order valence-corrected chi connectivity index (χ3v) is 2.11. The van der Waals surface area contributed by atoms with Gasteiger partial charge in [-0.15, -0.1) is 0 Å². The van der Waals surface area contributed by atoms with E-state index in [4.69, 9.17) is 16.3 Å². The molecule has 0 fully saturated rings. The highest BCUT2D eigenvalue weighted by Gasteiger charge is 2.25. The molecule has 0 atom stereocenters. The molecule has 0 saturated carbocycles. The number of alkyl halides is 3. The van der Waals surface area contributed by atoms with Gasteiger partial charge in [-0.3, -0.25) is 0 Å². The van der Waals surface area contributed by atoms with E-state index in [0.29, 0.717) is 6.61 Å². The molecule has 1 heterocycles. The lowest BCUT2D eigenvalue weighted by molar-refractivity contribution is -0.134. The van der Waals surface area contributed by atoms with E-state index in [0.717, 1.165) is 6.42 Å². The Bertz CT molecular complexity index is 403. The fraction of sp³-hybridized carbons (Fsp3) is 0.700. The van der Waals surface area contributed by atoms with Gasteiger partial charge in [0.15, 0.2) is 0 Å². The molecule has 0 bridgehead atoms. The molecule has 0 aliphatic heterocycles. The average Bonchev–Trinajstić information content (AvgIpc) is 2.30. The molecule has 0 aliphatic carbocycles. The van der Waals surface area contributed by atoms with Gasteiger partial charge in [0.05, 0.1) is 6.61 Å². The lowest BCUT2D eigenvalue weighted by Crippen LogP contribution is -2.13. The molecule has 108 valence electrons. The first-order valence-electron chi connectivity index (χ1n) is 5.75. The Morgan fingerprint density at radius 2 is 2.00 bits per heavy atom. The van der Waals surface area contributed by atoms with Crippen molar-refractivity contribution in [3.8, 4) is 6.01 Å². The molecule has 0 radical (unpaired) electrons. The number of rotatable bonds is 7. The number of anilines is 1. The maximum atomic E-state index is 11.9. The molecule has 1 aromatic rings. The summed E-state index contributed by atoms with van der Waals surface area (Å²) in [4.78, 5) is 11.4. The molecule has 1 N–H and O–H groups in total. The van der Waals surface area contributed by atoms with Crippen molar-refractivity contribution in [3.63, 3.8) is 0 Å². The van der Waals surface area contributed by atoms with Crippen molar-refractivity contribution in [1.82, 2.24) is 15.0 Å². The minimum absolute atomic E-state index is 0.0557. The molecule has 0 saturated heterocycles. The Morgan fingerprint density at radius 1 is 1.26 bits per heavy atom. The van der Waals surface area contributed by atoms with Crippen molar-refractivity contribution in [2.24, 2.45) is 0 Å². The second kappa shape index (κ2) is 7.32. The molecule has 1 aromatic heterocycles. The number of nitrogens with one attached hydrogen (secondary N) is 1. The van der Waals surface area contributed by atoms with Crippen LogP contribution in [0.25, 0.3) is 0 Å². The first-order valence-corrected chi connectivity index (χ1v) is 6.13. The van der Waals surface area contributed by atoms with Crippen molar-refractivity contribution in [3.05, 3.63) is 5.28 Å². The van der Waals surface area contributed by atoms with E-state index in [9.17, 15) is 13.2 Å². The zero-order valence-electron chi connectivity index (χ0n) is 10.3. The highest BCUT2D eigenvalue weighted by Crippen LogP contribution is 2.21. The number of nitrogens with zero attached hydrogens (tertiary/aromatic N) is 3. The molecular weight excluding hydrogens is 285 g/mol. The average molecular weight is 299 g/mol. The van der Waals surface area contributed by atoms with Crippen molar-refractivity contribution in [2.45, 2.75) is 32.4 Å². The van der Waals surface area contributed by atoms with Crippen molar-refractivity contribution < 1.29 is 17.9 Å². The van der Waals surface area contributed by atoms with Crippen LogP contribution >= 0.6 is 11.6 Å². The highest BCUT2D eigenvalue weighted by molar-refractivity contribution is 6.28. The Balaban J connectivity index is 2.46. The normalized spacial score (nSPS) is 11.4. The number of aromatic nitrogens is 3. The van der Waals surface area contributed by atoms with E-state index < -0.39 is 12.6 Å². The molecule has 9 heteroatoms. The van der Waals surface area contributed by atoms with Gasteiger partial charge in [0.1, 0.15) is 0 Å². The summed E-state index contributed by atoms with van der Waals surface area (Å²) in [6, 6.07) is 0.0557. The lowest BCUT2D eigenvalue weighted by Gasteiger charge is -2.08. The lowest BCUT2D eigenvalue weighted by atomic mass is 10.3. The van der Waals surface area contributed by atoms with Crippen LogP contribution in [0.4, 0.5) is 19.1 Å². The predicted octanol–water partition coefficient (Wildman–Crippen LogP) is 3.07. The second-order valence-corrected chi connectivity index (χ2v) is 4.04. The summed E-state index contributed by atoms with van der Waals surface area (Å²) in [5.74, 6) is 0.105. The molecular formula is C10H14ClF3N4O. The van der Waals surface area contributed by atoms with Crippen LogP contribution in [0.3, 0.4) is 0 Å². The minimum atomic E-state index is -4.16. The fourth-order valence-electron chi connectivity index (χ4n) is 1.16. The van der Waals surface area contributed by atoms with Gasteiger partial charge in [-0.2, -0.15) is 28.1 Å². The molecule has 1 rings (SSSR count). The second-order valence-electron chi connectivity index (χ2n) is 3.70. The van der Waals surface area contributed by atoms with Crippen LogP contribution in [-0.4, -0.2) is 34.3 Å². The molecule has 0 spiro atoms. The summed E-state index contributed by atoms with van der Waals surface area (Å²) in [6.07, 6.45) is -4.32. The quantitative estimate of drug-likeness (QED) is 0.784. The van der Waals surface area contributed by atoms with Gasteiger partial charge in [-0.05, 0) is 24.4 Å². The monoisotopic (exact) mass is 298 g/mol. The van der Waals surface area contributed by atoms with E-state index in [-0.39, 0.29) is 30.2 Å². The minimum Gasteiger partial charge on any atom is -0.463 e. The maximum Gasteiger partial charge on any atom is 0.389 e. The molecule has 5 nitrogen and oxygen atoms in total. The van der Waals surface area contributed by atoms with Crippen LogP contribution in [0, 0.1) is 0 Å². The SMILES string of the molecule is CCCOc1nc(Cl)nc(NCCCC(F)(F)F)n1. The van der Waals surface area contributed by atoms with E-state index >= 15 is 0 Å². The first-order chi connectivity index (χ1) is 8.90. The highest BCUT2D eigenvalue weighted by atomic mass is 35.5. The number of ether oxygens (including phenoxy) is 1. The van der Waals surface area contributed by atoms with E-state index in [1.54, 1.807) is 0 Å². The zero-order valence-corrected chi connectivity index (χ0v) is 11.1. The summed E-state index contributed by atoms with van der Waals surface area (Å²) < 4.78 is 41.0. The maximum absolute atomic E-state index is 11.9. The van der Waals surface area contributed by atoms with Crippen LogP contribution < -0.4 is 10.1 Å². The molecule has 19 heavy (non-hydrogen) atoms.